The first-order valence-electron chi connectivity index (χ1n) is 6.83. The third-order valence-corrected chi connectivity index (χ3v) is 5.14. The number of anilines is 1. The van der Waals surface area contributed by atoms with E-state index in [0.717, 1.165) is 40.2 Å². The number of nitrogens with zero attached hydrogens (tertiary/aromatic N) is 2. The second-order valence-corrected chi connectivity index (χ2v) is 6.43. The zero-order chi connectivity index (χ0) is 13.0. The van der Waals surface area contributed by atoms with Crippen LogP contribution in [0.4, 0.5) is 5.69 Å². The Bertz CT molecular complexity index is 664. The Morgan fingerprint density at radius 2 is 2.11 bits per heavy atom. The molecule has 1 fully saturated rings. The van der Waals surface area contributed by atoms with Crippen molar-refractivity contribution < 1.29 is 0 Å². The number of rotatable bonds is 1. The Balaban J connectivity index is 1.84. The van der Waals surface area contributed by atoms with Crippen molar-refractivity contribution >= 4 is 32.5 Å². The molecule has 2 heterocycles. The molecule has 2 N–H and O–H groups in total. The summed E-state index contributed by atoms with van der Waals surface area (Å²) in [6.07, 6.45) is 4.03. The molecule has 0 amide bonds. The highest BCUT2D eigenvalue weighted by Gasteiger charge is 2.32. The van der Waals surface area contributed by atoms with Gasteiger partial charge in [0.15, 0.2) is 0 Å². The highest BCUT2D eigenvalue weighted by atomic mass is 79.9. The van der Waals surface area contributed by atoms with Gasteiger partial charge in [-0.05, 0) is 34.8 Å². The second-order valence-electron chi connectivity index (χ2n) is 5.58. The minimum absolute atomic E-state index is 0.750. The van der Waals surface area contributed by atoms with Gasteiger partial charge >= 0.3 is 0 Å². The van der Waals surface area contributed by atoms with Crippen molar-refractivity contribution in [3.05, 3.63) is 33.9 Å². The number of para-hydroxylation sites is 1. The fourth-order valence-electron chi connectivity index (χ4n) is 3.14. The van der Waals surface area contributed by atoms with Crippen LogP contribution in [-0.2, 0) is 13.1 Å². The van der Waals surface area contributed by atoms with Gasteiger partial charge in [0, 0.05) is 40.2 Å². The van der Waals surface area contributed by atoms with E-state index < -0.39 is 0 Å². The average molecular weight is 318 g/mol. The first-order valence-corrected chi connectivity index (χ1v) is 7.63. The number of nitrogens with two attached hydrogens (primary N) is 1. The van der Waals surface area contributed by atoms with Crippen molar-refractivity contribution in [3.63, 3.8) is 0 Å². The number of halogens is 1. The number of hydrogen-bond donors (Lipinski definition) is 1. The van der Waals surface area contributed by atoms with Gasteiger partial charge in [0.25, 0.3) is 0 Å². The van der Waals surface area contributed by atoms with E-state index in [1.807, 2.05) is 12.1 Å². The van der Waals surface area contributed by atoms with Gasteiger partial charge in [0.2, 0.25) is 0 Å². The number of pyridine rings is 1. The summed E-state index contributed by atoms with van der Waals surface area (Å²) in [5.74, 6) is 0. The third kappa shape index (κ3) is 1.70. The molecule has 1 aromatic heterocycles. The summed E-state index contributed by atoms with van der Waals surface area (Å²) >= 11 is 3.58. The summed E-state index contributed by atoms with van der Waals surface area (Å²) < 4.78 is 1.03. The molecule has 1 aliphatic carbocycles. The summed E-state index contributed by atoms with van der Waals surface area (Å²) in [6, 6.07) is 6.87. The maximum Gasteiger partial charge on any atom is 0.0868 e. The summed E-state index contributed by atoms with van der Waals surface area (Å²) in [6.45, 7) is 1.93. The van der Waals surface area contributed by atoms with E-state index in [1.165, 1.54) is 30.5 Å². The van der Waals surface area contributed by atoms with Crippen LogP contribution in [0.2, 0.25) is 0 Å². The van der Waals surface area contributed by atoms with Gasteiger partial charge < -0.3 is 5.73 Å². The first kappa shape index (κ1) is 11.7. The Hall–Kier alpha value is -1.13. The van der Waals surface area contributed by atoms with E-state index >= 15 is 0 Å². The number of nitrogen functional groups attached to an aromatic ring is 1. The smallest absolute Gasteiger partial charge is 0.0868 e. The molecule has 0 unspecified atom stereocenters. The molecule has 0 radical (unpaired) electrons. The molecular weight excluding hydrogens is 302 g/mol. The normalized spacial score (nSPS) is 19.6. The predicted octanol–water partition coefficient (Wildman–Crippen LogP) is 3.45. The van der Waals surface area contributed by atoms with Crippen LogP contribution in [0.25, 0.3) is 10.9 Å². The first-order chi connectivity index (χ1) is 9.24. The fraction of sp³-hybridized carbons (Fsp3) is 0.400. The van der Waals surface area contributed by atoms with Gasteiger partial charge in [-0.1, -0.05) is 18.6 Å². The molecule has 1 aromatic carbocycles. The molecule has 4 heteroatoms. The van der Waals surface area contributed by atoms with Gasteiger partial charge in [0.05, 0.1) is 11.2 Å². The number of fused-ring (bicyclic) bond motifs is 2. The van der Waals surface area contributed by atoms with Crippen molar-refractivity contribution in [1.29, 1.82) is 0 Å². The van der Waals surface area contributed by atoms with Crippen LogP contribution in [0.15, 0.2) is 22.7 Å². The molecule has 3 nitrogen and oxygen atoms in total. The second kappa shape index (κ2) is 4.18. The van der Waals surface area contributed by atoms with Crippen LogP contribution in [0.3, 0.4) is 0 Å². The van der Waals surface area contributed by atoms with Crippen molar-refractivity contribution in [2.24, 2.45) is 0 Å². The van der Waals surface area contributed by atoms with Crippen LogP contribution >= 0.6 is 15.9 Å². The topological polar surface area (TPSA) is 42.1 Å². The third-order valence-electron chi connectivity index (χ3n) is 4.50. The minimum atomic E-state index is 0.750. The van der Waals surface area contributed by atoms with Gasteiger partial charge in [0.1, 0.15) is 0 Å². The fourth-order valence-corrected chi connectivity index (χ4v) is 3.59. The zero-order valence-corrected chi connectivity index (χ0v) is 12.3. The van der Waals surface area contributed by atoms with Crippen molar-refractivity contribution in [2.45, 2.75) is 38.4 Å². The van der Waals surface area contributed by atoms with E-state index in [9.17, 15) is 0 Å². The van der Waals surface area contributed by atoms with Gasteiger partial charge in [-0.3, -0.25) is 4.90 Å². The molecule has 1 aliphatic heterocycles. The molecule has 0 saturated heterocycles. The molecule has 4 rings (SSSR count). The molecule has 98 valence electrons. The summed E-state index contributed by atoms with van der Waals surface area (Å²) in [5.41, 5.74) is 10.7. The lowest BCUT2D eigenvalue weighted by Crippen LogP contribution is -2.36. The molecular formula is C15H16BrN3. The lowest BCUT2D eigenvalue weighted by atomic mass is 9.92. The van der Waals surface area contributed by atoms with E-state index in [1.54, 1.807) is 0 Å². The number of benzene rings is 1. The Morgan fingerprint density at radius 1 is 1.26 bits per heavy atom. The van der Waals surface area contributed by atoms with Crippen molar-refractivity contribution in [1.82, 2.24) is 9.88 Å². The van der Waals surface area contributed by atoms with Gasteiger partial charge in [-0.2, -0.15) is 0 Å². The molecule has 0 spiro atoms. The highest BCUT2D eigenvalue weighted by Crippen LogP contribution is 2.38. The number of hydrogen-bond acceptors (Lipinski definition) is 3. The van der Waals surface area contributed by atoms with Crippen LogP contribution in [0.1, 0.15) is 30.5 Å². The highest BCUT2D eigenvalue weighted by molar-refractivity contribution is 9.10. The standard InChI is InChI=1S/C15H16BrN3/c16-12-6-2-5-10-14(17)11-7-19(9-3-1-4-9)8-13(11)18-15(10)12/h2,5-6,9H,1,3-4,7-8H2,(H2,17,18). The maximum atomic E-state index is 6.37. The van der Waals surface area contributed by atoms with E-state index in [2.05, 4.69) is 26.9 Å². The largest absolute Gasteiger partial charge is 0.398 e. The molecule has 19 heavy (non-hydrogen) atoms. The van der Waals surface area contributed by atoms with E-state index in [0.29, 0.717) is 0 Å². The molecule has 1 saturated carbocycles. The molecule has 0 atom stereocenters. The Labute approximate surface area is 120 Å². The molecule has 2 aromatic rings. The zero-order valence-electron chi connectivity index (χ0n) is 10.7. The maximum absolute atomic E-state index is 6.37. The van der Waals surface area contributed by atoms with Crippen molar-refractivity contribution in [3.8, 4) is 0 Å². The van der Waals surface area contributed by atoms with Crippen LogP contribution in [0, 0.1) is 0 Å². The summed E-state index contributed by atoms with van der Waals surface area (Å²) in [5, 5.41) is 1.07. The van der Waals surface area contributed by atoms with Crippen LogP contribution in [0.5, 0.6) is 0 Å². The Morgan fingerprint density at radius 3 is 2.84 bits per heavy atom. The summed E-state index contributed by atoms with van der Waals surface area (Å²) in [4.78, 5) is 7.37. The molecule has 2 aliphatic rings. The Kier molecular flexibility index (Phi) is 2.57. The van der Waals surface area contributed by atoms with Crippen LogP contribution < -0.4 is 5.73 Å². The summed E-state index contributed by atoms with van der Waals surface area (Å²) in [7, 11) is 0. The van der Waals surface area contributed by atoms with Gasteiger partial charge in [-0.25, -0.2) is 4.98 Å². The predicted molar refractivity (Wildman–Crippen MR) is 80.7 cm³/mol. The quantitative estimate of drug-likeness (QED) is 0.876. The number of aromatic nitrogens is 1. The van der Waals surface area contributed by atoms with Gasteiger partial charge in [-0.15, -0.1) is 0 Å². The SMILES string of the molecule is Nc1c2c(nc3c(Br)cccc13)CN(C1CCC1)C2. The monoisotopic (exact) mass is 317 g/mol. The van der Waals surface area contributed by atoms with Crippen molar-refractivity contribution in [2.75, 3.05) is 5.73 Å². The lowest BCUT2D eigenvalue weighted by Gasteiger charge is -2.34. The van der Waals surface area contributed by atoms with Crippen LogP contribution in [-0.4, -0.2) is 15.9 Å². The molecule has 0 bridgehead atoms. The minimum Gasteiger partial charge on any atom is -0.398 e. The average Bonchev–Trinajstić information content (AvgIpc) is 2.72. The van der Waals surface area contributed by atoms with E-state index in [-0.39, 0.29) is 0 Å². The lowest BCUT2D eigenvalue weighted by molar-refractivity contribution is 0.126. The van der Waals surface area contributed by atoms with E-state index in [4.69, 9.17) is 10.7 Å².